The molecule has 1 aromatic carbocycles. The van der Waals surface area contributed by atoms with Crippen LogP contribution in [0.5, 0.6) is 5.75 Å². The Morgan fingerprint density at radius 2 is 2.05 bits per heavy atom. The zero-order valence-electron chi connectivity index (χ0n) is 12.1. The minimum Gasteiger partial charge on any atom is -0.491 e. The van der Waals surface area contributed by atoms with Crippen molar-refractivity contribution >= 4 is 35.0 Å². The second-order valence-corrected chi connectivity index (χ2v) is 6.59. The van der Waals surface area contributed by atoms with Gasteiger partial charge in [-0.1, -0.05) is 23.2 Å². The summed E-state index contributed by atoms with van der Waals surface area (Å²) in [5.41, 5.74) is 0. The highest BCUT2D eigenvalue weighted by atomic mass is 35.5. The maximum atomic E-state index is 9.89. The van der Waals surface area contributed by atoms with Crippen molar-refractivity contribution in [3.8, 4) is 5.75 Å². The lowest BCUT2D eigenvalue weighted by atomic mass is 10.2. The van der Waals surface area contributed by atoms with E-state index in [-0.39, 0.29) is 24.5 Å². The van der Waals surface area contributed by atoms with Crippen LogP contribution in [0.1, 0.15) is 6.92 Å². The van der Waals surface area contributed by atoms with Gasteiger partial charge in [-0.15, -0.1) is 0 Å². The third-order valence-electron chi connectivity index (χ3n) is 3.05. The van der Waals surface area contributed by atoms with Crippen LogP contribution in [-0.2, 0) is 0 Å². The van der Waals surface area contributed by atoms with Crippen molar-refractivity contribution in [2.75, 3.05) is 26.0 Å². The van der Waals surface area contributed by atoms with Crippen LogP contribution in [0.3, 0.4) is 0 Å². The summed E-state index contributed by atoms with van der Waals surface area (Å²) in [5.74, 6) is 0.564. The largest absolute Gasteiger partial charge is 0.491 e. The van der Waals surface area contributed by atoms with Crippen molar-refractivity contribution < 1.29 is 14.9 Å². The van der Waals surface area contributed by atoms with Crippen molar-refractivity contribution in [2.24, 2.45) is 0 Å². The van der Waals surface area contributed by atoms with E-state index < -0.39 is 6.10 Å². The van der Waals surface area contributed by atoms with Gasteiger partial charge in [0, 0.05) is 23.9 Å². The molecule has 0 aliphatic heterocycles. The maximum Gasteiger partial charge on any atom is 0.121 e. The van der Waals surface area contributed by atoms with Crippen LogP contribution in [0.25, 0.3) is 0 Å². The number of halogens is 2. The Bertz CT molecular complexity index is 433. The topological polar surface area (TPSA) is 61.7 Å². The van der Waals surface area contributed by atoms with Crippen LogP contribution in [0.2, 0.25) is 10.0 Å². The summed E-state index contributed by atoms with van der Waals surface area (Å²) in [6, 6.07) is 5.06. The number of benzene rings is 1. The normalized spacial score (nSPS) is 15.5. The summed E-state index contributed by atoms with van der Waals surface area (Å²) < 4.78 is 5.46. The first kappa shape index (κ1) is 18.9. The molecule has 1 rings (SSSR count). The van der Waals surface area contributed by atoms with Gasteiger partial charge in [0.15, 0.2) is 0 Å². The molecule has 0 fully saturated rings. The lowest BCUT2D eigenvalue weighted by molar-refractivity contribution is 0.103. The highest BCUT2D eigenvalue weighted by molar-refractivity contribution is 7.99. The van der Waals surface area contributed by atoms with Gasteiger partial charge in [0.05, 0.1) is 16.7 Å². The predicted octanol–water partition coefficient (Wildman–Crippen LogP) is 2.44. The summed E-state index contributed by atoms with van der Waals surface area (Å²) in [7, 11) is 0. The van der Waals surface area contributed by atoms with E-state index in [1.807, 2.05) is 13.2 Å². The van der Waals surface area contributed by atoms with E-state index >= 15 is 0 Å². The number of aliphatic hydroxyl groups excluding tert-OH is 2. The Balaban J connectivity index is 2.33. The van der Waals surface area contributed by atoms with Gasteiger partial charge >= 0.3 is 0 Å². The third-order valence-corrected chi connectivity index (χ3v) is 4.95. The fourth-order valence-corrected chi connectivity index (χ4v) is 2.65. The molecule has 21 heavy (non-hydrogen) atoms. The maximum absolute atomic E-state index is 9.89. The Labute approximate surface area is 139 Å². The Hall–Kier alpha value is -0.170. The van der Waals surface area contributed by atoms with Crippen LogP contribution in [0.15, 0.2) is 18.2 Å². The predicted molar refractivity (Wildman–Crippen MR) is 89.8 cm³/mol. The number of ether oxygens (including phenoxy) is 1. The average Bonchev–Trinajstić information content (AvgIpc) is 2.47. The smallest absolute Gasteiger partial charge is 0.121 e. The highest BCUT2D eigenvalue weighted by Crippen LogP contribution is 2.26. The molecule has 0 aliphatic carbocycles. The zero-order valence-corrected chi connectivity index (χ0v) is 14.4. The molecule has 0 radical (unpaired) electrons. The van der Waals surface area contributed by atoms with Gasteiger partial charge in [0.25, 0.3) is 0 Å². The van der Waals surface area contributed by atoms with E-state index in [0.29, 0.717) is 22.3 Å². The van der Waals surface area contributed by atoms with E-state index in [1.54, 1.807) is 30.0 Å². The SMILES string of the molecule is CSC(CO)C(C)NCC(O)COc1ccc(Cl)c(Cl)c1. The molecular weight excluding hydrogens is 333 g/mol. The molecule has 3 unspecified atom stereocenters. The lowest BCUT2D eigenvalue weighted by Crippen LogP contribution is -2.42. The van der Waals surface area contributed by atoms with Crippen LogP contribution < -0.4 is 10.1 Å². The number of aliphatic hydroxyl groups is 2. The van der Waals surface area contributed by atoms with Crippen LogP contribution in [-0.4, -0.2) is 53.6 Å². The van der Waals surface area contributed by atoms with Crippen LogP contribution in [0, 0.1) is 0 Å². The molecule has 0 aliphatic rings. The second-order valence-electron chi connectivity index (χ2n) is 4.69. The minimum atomic E-state index is -0.650. The standard InChI is InChI=1S/C14H21Cl2NO3S/c1-9(14(7-18)21-2)17-6-10(19)8-20-11-3-4-12(15)13(16)5-11/h3-5,9-10,14,17-19H,6-8H2,1-2H3. The third kappa shape index (κ3) is 6.63. The number of hydrogen-bond acceptors (Lipinski definition) is 5. The van der Waals surface area contributed by atoms with E-state index in [1.165, 1.54) is 0 Å². The molecule has 0 heterocycles. The zero-order chi connectivity index (χ0) is 15.8. The Morgan fingerprint density at radius 3 is 2.62 bits per heavy atom. The molecule has 1 aromatic rings. The second kappa shape index (κ2) is 9.77. The number of hydrogen-bond donors (Lipinski definition) is 3. The van der Waals surface area contributed by atoms with Gasteiger partial charge in [-0.25, -0.2) is 0 Å². The van der Waals surface area contributed by atoms with Crippen LogP contribution >= 0.6 is 35.0 Å². The monoisotopic (exact) mass is 353 g/mol. The van der Waals surface area contributed by atoms with Gasteiger partial charge in [0.1, 0.15) is 18.5 Å². The van der Waals surface area contributed by atoms with E-state index in [2.05, 4.69) is 5.32 Å². The number of thioether (sulfide) groups is 1. The Morgan fingerprint density at radius 1 is 1.33 bits per heavy atom. The highest BCUT2D eigenvalue weighted by Gasteiger charge is 2.16. The van der Waals surface area contributed by atoms with Gasteiger partial charge in [-0.3, -0.25) is 0 Å². The molecule has 0 saturated carbocycles. The van der Waals surface area contributed by atoms with Crippen molar-refractivity contribution in [2.45, 2.75) is 24.3 Å². The first-order valence-corrected chi connectivity index (χ1v) is 8.65. The van der Waals surface area contributed by atoms with Crippen molar-refractivity contribution in [3.05, 3.63) is 28.2 Å². The molecule has 3 atom stereocenters. The number of rotatable bonds is 9. The molecule has 0 amide bonds. The fraction of sp³-hybridized carbons (Fsp3) is 0.571. The van der Waals surface area contributed by atoms with Crippen molar-refractivity contribution in [3.63, 3.8) is 0 Å². The van der Waals surface area contributed by atoms with Gasteiger partial charge in [0.2, 0.25) is 0 Å². The van der Waals surface area contributed by atoms with Crippen LogP contribution in [0.4, 0.5) is 0 Å². The summed E-state index contributed by atoms with van der Waals surface area (Å²) >= 11 is 13.3. The molecule has 0 bridgehead atoms. The number of nitrogens with one attached hydrogen (secondary N) is 1. The first-order chi connectivity index (χ1) is 9.97. The molecular formula is C14H21Cl2NO3S. The summed E-state index contributed by atoms with van der Waals surface area (Å²) in [6.45, 7) is 2.62. The van der Waals surface area contributed by atoms with E-state index in [9.17, 15) is 10.2 Å². The minimum absolute atomic E-state index is 0.102. The molecule has 0 spiro atoms. The molecule has 0 aromatic heterocycles. The summed E-state index contributed by atoms with van der Waals surface area (Å²) in [5, 5.41) is 23.3. The summed E-state index contributed by atoms with van der Waals surface area (Å²) in [4.78, 5) is 0. The fourth-order valence-electron chi connectivity index (χ4n) is 1.71. The van der Waals surface area contributed by atoms with E-state index in [0.717, 1.165) is 0 Å². The first-order valence-electron chi connectivity index (χ1n) is 6.60. The Kier molecular flexibility index (Phi) is 8.78. The molecule has 4 nitrogen and oxygen atoms in total. The molecule has 120 valence electrons. The average molecular weight is 354 g/mol. The van der Waals surface area contributed by atoms with Gasteiger partial charge in [-0.2, -0.15) is 11.8 Å². The molecule has 7 heteroatoms. The molecule has 0 saturated heterocycles. The lowest BCUT2D eigenvalue weighted by Gasteiger charge is -2.23. The van der Waals surface area contributed by atoms with Crippen molar-refractivity contribution in [1.29, 1.82) is 0 Å². The molecule has 3 N–H and O–H groups in total. The van der Waals surface area contributed by atoms with Crippen molar-refractivity contribution in [1.82, 2.24) is 5.32 Å². The quantitative estimate of drug-likeness (QED) is 0.636. The van der Waals surface area contributed by atoms with Gasteiger partial charge in [-0.05, 0) is 25.3 Å². The van der Waals surface area contributed by atoms with E-state index in [4.69, 9.17) is 27.9 Å². The summed E-state index contributed by atoms with van der Waals surface area (Å²) in [6.07, 6.45) is 1.30. The van der Waals surface area contributed by atoms with Gasteiger partial charge < -0.3 is 20.3 Å².